The summed E-state index contributed by atoms with van der Waals surface area (Å²) >= 11 is 1.44. The SMILES string of the molecule is O=S(=O)(NC[C@@](O)(c1cccs1)C1CC1)c1ccc2c(c1)OCCO2. The molecular weight excluding hydrogens is 362 g/mol. The van der Waals surface area contributed by atoms with Crippen LogP contribution in [0.5, 0.6) is 11.5 Å². The number of hydrogen-bond acceptors (Lipinski definition) is 6. The van der Waals surface area contributed by atoms with Crippen LogP contribution < -0.4 is 14.2 Å². The summed E-state index contributed by atoms with van der Waals surface area (Å²) in [5.41, 5.74) is -1.16. The summed E-state index contributed by atoms with van der Waals surface area (Å²) in [6.07, 6.45) is 1.81. The molecule has 1 saturated carbocycles. The molecule has 8 heteroatoms. The van der Waals surface area contributed by atoms with Crippen LogP contribution in [0.15, 0.2) is 40.6 Å². The molecule has 1 atom stereocenters. The van der Waals surface area contributed by atoms with E-state index in [9.17, 15) is 13.5 Å². The minimum atomic E-state index is -3.76. The van der Waals surface area contributed by atoms with Crippen LogP contribution in [0.25, 0.3) is 0 Å². The Hall–Kier alpha value is -1.61. The number of nitrogens with one attached hydrogen (secondary N) is 1. The fourth-order valence-corrected chi connectivity index (χ4v) is 4.99. The monoisotopic (exact) mass is 381 g/mol. The lowest BCUT2D eigenvalue weighted by Crippen LogP contribution is -2.41. The van der Waals surface area contributed by atoms with Gasteiger partial charge in [-0.25, -0.2) is 13.1 Å². The van der Waals surface area contributed by atoms with Crippen molar-refractivity contribution in [3.05, 3.63) is 40.6 Å². The maximum atomic E-state index is 12.7. The molecule has 2 aliphatic rings. The minimum absolute atomic E-state index is 0.0467. The molecule has 2 aromatic rings. The zero-order valence-corrected chi connectivity index (χ0v) is 15.1. The van der Waals surface area contributed by atoms with Gasteiger partial charge in [-0.1, -0.05) is 6.07 Å². The Morgan fingerprint density at radius 1 is 1.20 bits per heavy atom. The third-order valence-electron chi connectivity index (χ3n) is 4.56. The average molecular weight is 381 g/mol. The zero-order valence-electron chi connectivity index (χ0n) is 13.5. The van der Waals surface area contributed by atoms with Gasteiger partial charge < -0.3 is 14.6 Å². The lowest BCUT2D eigenvalue weighted by molar-refractivity contribution is 0.0222. The third-order valence-corrected chi connectivity index (χ3v) is 6.99. The smallest absolute Gasteiger partial charge is 0.240 e. The first-order chi connectivity index (χ1) is 12.0. The highest BCUT2D eigenvalue weighted by molar-refractivity contribution is 7.89. The fourth-order valence-electron chi connectivity index (χ4n) is 3.00. The van der Waals surface area contributed by atoms with Crippen molar-refractivity contribution in [2.24, 2.45) is 5.92 Å². The van der Waals surface area contributed by atoms with Crippen molar-refractivity contribution in [2.45, 2.75) is 23.3 Å². The molecule has 2 N–H and O–H groups in total. The van der Waals surface area contributed by atoms with Gasteiger partial charge in [-0.3, -0.25) is 0 Å². The number of benzene rings is 1. The van der Waals surface area contributed by atoms with E-state index in [0.717, 1.165) is 17.7 Å². The van der Waals surface area contributed by atoms with E-state index < -0.39 is 15.6 Å². The van der Waals surface area contributed by atoms with Crippen LogP contribution in [-0.2, 0) is 15.6 Å². The number of sulfonamides is 1. The third kappa shape index (κ3) is 3.27. The molecule has 134 valence electrons. The van der Waals surface area contributed by atoms with Crippen LogP contribution in [0.3, 0.4) is 0 Å². The van der Waals surface area contributed by atoms with E-state index >= 15 is 0 Å². The number of hydrogen-bond donors (Lipinski definition) is 2. The Morgan fingerprint density at radius 2 is 1.96 bits per heavy atom. The number of rotatable bonds is 6. The summed E-state index contributed by atoms with van der Waals surface area (Å²) in [5.74, 6) is 1.05. The summed E-state index contributed by atoms with van der Waals surface area (Å²) in [5, 5.41) is 12.9. The minimum Gasteiger partial charge on any atom is -0.486 e. The quantitative estimate of drug-likeness (QED) is 0.800. The number of fused-ring (bicyclic) bond motifs is 1. The maximum Gasteiger partial charge on any atom is 0.240 e. The van der Waals surface area contributed by atoms with Crippen LogP contribution in [0.1, 0.15) is 17.7 Å². The second kappa shape index (κ2) is 6.28. The van der Waals surface area contributed by atoms with Gasteiger partial charge in [0, 0.05) is 17.5 Å². The van der Waals surface area contributed by atoms with Gasteiger partial charge in [0.15, 0.2) is 11.5 Å². The summed E-state index contributed by atoms with van der Waals surface area (Å²) in [6.45, 7) is 0.797. The molecule has 1 aromatic carbocycles. The van der Waals surface area contributed by atoms with Gasteiger partial charge in [0.2, 0.25) is 10.0 Å². The van der Waals surface area contributed by atoms with Crippen LogP contribution in [0.4, 0.5) is 0 Å². The Kier molecular flexibility index (Phi) is 4.23. The molecule has 1 aliphatic heterocycles. The molecule has 0 radical (unpaired) electrons. The summed E-state index contributed by atoms with van der Waals surface area (Å²) in [4.78, 5) is 0.890. The number of thiophene rings is 1. The van der Waals surface area contributed by atoms with Crippen molar-refractivity contribution < 1.29 is 23.0 Å². The van der Waals surface area contributed by atoms with Crippen LogP contribution in [0.2, 0.25) is 0 Å². The molecule has 1 aromatic heterocycles. The molecular formula is C17H19NO5S2. The van der Waals surface area contributed by atoms with E-state index in [1.165, 1.54) is 23.5 Å². The van der Waals surface area contributed by atoms with E-state index in [4.69, 9.17) is 9.47 Å². The second-order valence-corrected chi connectivity index (χ2v) is 9.02. The normalized spacial score (nSPS) is 19.4. The first kappa shape index (κ1) is 16.8. The van der Waals surface area contributed by atoms with E-state index in [1.54, 1.807) is 6.07 Å². The van der Waals surface area contributed by atoms with E-state index in [-0.39, 0.29) is 17.4 Å². The molecule has 4 rings (SSSR count). The summed E-state index contributed by atoms with van der Waals surface area (Å²) in [7, 11) is -3.76. The predicted octanol–water partition coefficient (Wildman–Crippen LogP) is 2.10. The van der Waals surface area contributed by atoms with E-state index in [0.29, 0.717) is 24.7 Å². The number of ether oxygens (including phenoxy) is 2. The van der Waals surface area contributed by atoms with Gasteiger partial charge in [0.05, 0.1) is 4.90 Å². The van der Waals surface area contributed by atoms with Crippen LogP contribution >= 0.6 is 11.3 Å². The second-order valence-electron chi connectivity index (χ2n) is 6.31. The molecule has 2 heterocycles. The number of aliphatic hydroxyl groups is 1. The first-order valence-electron chi connectivity index (χ1n) is 8.15. The van der Waals surface area contributed by atoms with Crippen molar-refractivity contribution in [1.29, 1.82) is 0 Å². The Morgan fingerprint density at radius 3 is 2.64 bits per heavy atom. The van der Waals surface area contributed by atoms with Gasteiger partial charge in [0.25, 0.3) is 0 Å². The highest BCUT2D eigenvalue weighted by atomic mass is 32.2. The van der Waals surface area contributed by atoms with Gasteiger partial charge >= 0.3 is 0 Å². The van der Waals surface area contributed by atoms with E-state index in [1.807, 2.05) is 17.5 Å². The van der Waals surface area contributed by atoms with Crippen LogP contribution in [-0.4, -0.2) is 33.3 Å². The Labute approximate surface area is 150 Å². The predicted molar refractivity (Wildman–Crippen MR) is 93.6 cm³/mol. The van der Waals surface area contributed by atoms with Gasteiger partial charge in [-0.15, -0.1) is 11.3 Å². The molecule has 6 nitrogen and oxygen atoms in total. The van der Waals surface area contributed by atoms with Crippen molar-refractivity contribution in [1.82, 2.24) is 4.72 Å². The standard InChI is InChI=1S/C17H19NO5S2/c19-17(12-3-4-12,16-2-1-9-24-16)11-18-25(20,21)13-5-6-14-15(10-13)23-8-7-22-14/h1-2,5-6,9-10,12,18-19H,3-4,7-8,11H2/t17-/m0/s1. The van der Waals surface area contributed by atoms with Gasteiger partial charge in [-0.2, -0.15) is 0 Å². The Balaban J connectivity index is 1.55. The molecule has 0 bridgehead atoms. The highest BCUT2D eigenvalue weighted by Crippen LogP contribution is 2.47. The van der Waals surface area contributed by atoms with Gasteiger partial charge in [0.1, 0.15) is 18.8 Å². The molecule has 1 aliphatic carbocycles. The topological polar surface area (TPSA) is 84.9 Å². The largest absolute Gasteiger partial charge is 0.486 e. The van der Waals surface area contributed by atoms with Crippen molar-refractivity contribution in [3.8, 4) is 11.5 Å². The van der Waals surface area contributed by atoms with E-state index in [2.05, 4.69) is 4.72 Å². The van der Waals surface area contributed by atoms with Crippen molar-refractivity contribution in [2.75, 3.05) is 19.8 Å². The Bertz CT molecular complexity index is 861. The zero-order chi connectivity index (χ0) is 17.5. The molecule has 25 heavy (non-hydrogen) atoms. The van der Waals surface area contributed by atoms with Crippen LogP contribution in [0, 0.1) is 5.92 Å². The lowest BCUT2D eigenvalue weighted by atomic mass is 9.96. The molecule has 0 unspecified atom stereocenters. The fraction of sp³-hybridized carbons (Fsp3) is 0.412. The first-order valence-corrected chi connectivity index (χ1v) is 10.5. The average Bonchev–Trinajstić information content (AvgIpc) is 3.34. The van der Waals surface area contributed by atoms with Crippen molar-refractivity contribution in [3.63, 3.8) is 0 Å². The van der Waals surface area contributed by atoms with Crippen molar-refractivity contribution >= 4 is 21.4 Å². The molecule has 0 amide bonds. The molecule has 1 fully saturated rings. The lowest BCUT2D eigenvalue weighted by Gasteiger charge is -2.27. The molecule has 0 saturated heterocycles. The summed E-state index contributed by atoms with van der Waals surface area (Å²) < 4.78 is 38.8. The van der Waals surface area contributed by atoms with Gasteiger partial charge in [-0.05, 0) is 42.3 Å². The highest BCUT2D eigenvalue weighted by Gasteiger charge is 2.46. The summed E-state index contributed by atoms with van der Waals surface area (Å²) in [6, 6.07) is 8.24. The molecule has 0 spiro atoms. The maximum absolute atomic E-state index is 12.7.